The van der Waals surface area contributed by atoms with E-state index in [1.165, 1.54) is 0 Å². The first-order chi connectivity index (χ1) is 11.0. The van der Waals surface area contributed by atoms with Gasteiger partial charge < -0.3 is 13.9 Å². The number of aryl methyl sites for hydroxylation is 1. The Morgan fingerprint density at radius 3 is 2.83 bits per heavy atom. The molecule has 1 fully saturated rings. The van der Waals surface area contributed by atoms with Crippen LogP contribution in [0.1, 0.15) is 66.9 Å². The highest BCUT2D eigenvalue weighted by molar-refractivity contribution is 5.91. The first-order valence-corrected chi connectivity index (χ1v) is 8.24. The van der Waals surface area contributed by atoms with Crippen molar-refractivity contribution in [1.82, 2.24) is 15.2 Å². The SMILES string of the molecule is Cc1cc([C@@H]2CCCCN2C(=O)c2cc(CC(C)C)no2)no1. The predicted octanol–water partition coefficient (Wildman–Crippen LogP) is 3.54. The number of carbonyl (C=O) groups is 1. The van der Waals surface area contributed by atoms with Crippen molar-refractivity contribution in [2.24, 2.45) is 5.92 Å². The van der Waals surface area contributed by atoms with Crippen molar-refractivity contribution in [2.45, 2.75) is 52.5 Å². The molecular formula is C17H23N3O3. The Labute approximate surface area is 135 Å². The van der Waals surface area contributed by atoms with Crippen molar-refractivity contribution in [3.05, 3.63) is 35.0 Å². The molecule has 0 bridgehead atoms. The van der Waals surface area contributed by atoms with E-state index in [0.717, 1.165) is 42.8 Å². The molecule has 0 spiro atoms. The molecule has 2 aromatic rings. The molecular weight excluding hydrogens is 294 g/mol. The quantitative estimate of drug-likeness (QED) is 0.862. The van der Waals surface area contributed by atoms with Crippen LogP contribution in [0.3, 0.4) is 0 Å². The van der Waals surface area contributed by atoms with Gasteiger partial charge in [0.25, 0.3) is 5.91 Å². The van der Waals surface area contributed by atoms with Crippen molar-refractivity contribution < 1.29 is 13.8 Å². The smallest absolute Gasteiger partial charge is 0.293 e. The summed E-state index contributed by atoms with van der Waals surface area (Å²) in [7, 11) is 0. The highest BCUT2D eigenvalue weighted by Crippen LogP contribution is 2.32. The largest absolute Gasteiger partial charge is 0.361 e. The number of rotatable bonds is 4. The summed E-state index contributed by atoms with van der Waals surface area (Å²) in [5.41, 5.74) is 1.65. The fraction of sp³-hybridized carbons (Fsp3) is 0.588. The van der Waals surface area contributed by atoms with E-state index in [1.54, 1.807) is 6.07 Å². The number of carbonyl (C=O) groups excluding carboxylic acids is 1. The second-order valence-corrected chi connectivity index (χ2v) is 6.65. The molecule has 0 unspecified atom stereocenters. The molecule has 1 amide bonds. The maximum Gasteiger partial charge on any atom is 0.293 e. The molecule has 0 saturated carbocycles. The second kappa shape index (κ2) is 6.56. The Morgan fingerprint density at radius 2 is 2.13 bits per heavy atom. The van der Waals surface area contributed by atoms with Crippen LogP contribution in [-0.2, 0) is 6.42 Å². The third kappa shape index (κ3) is 3.46. The van der Waals surface area contributed by atoms with Crippen LogP contribution in [0.5, 0.6) is 0 Å². The van der Waals surface area contributed by atoms with E-state index in [-0.39, 0.29) is 11.9 Å². The fourth-order valence-corrected chi connectivity index (χ4v) is 3.09. The van der Waals surface area contributed by atoms with Gasteiger partial charge in [0.2, 0.25) is 5.76 Å². The van der Waals surface area contributed by atoms with E-state index in [0.29, 0.717) is 18.2 Å². The first-order valence-electron chi connectivity index (χ1n) is 8.24. The highest BCUT2D eigenvalue weighted by Gasteiger charge is 2.32. The molecule has 6 heteroatoms. The zero-order chi connectivity index (χ0) is 16.4. The average Bonchev–Trinajstić information content (AvgIpc) is 3.15. The van der Waals surface area contributed by atoms with Gasteiger partial charge in [-0.3, -0.25) is 4.79 Å². The molecule has 2 aromatic heterocycles. The molecule has 0 aromatic carbocycles. The molecule has 1 saturated heterocycles. The lowest BCUT2D eigenvalue weighted by molar-refractivity contribution is 0.0559. The average molecular weight is 317 g/mol. The summed E-state index contributed by atoms with van der Waals surface area (Å²) in [5.74, 6) is 1.44. The Balaban J connectivity index is 1.79. The molecule has 1 atom stereocenters. The van der Waals surface area contributed by atoms with E-state index in [9.17, 15) is 4.79 Å². The van der Waals surface area contributed by atoms with Crippen molar-refractivity contribution in [3.63, 3.8) is 0 Å². The van der Waals surface area contributed by atoms with E-state index >= 15 is 0 Å². The number of aromatic nitrogens is 2. The van der Waals surface area contributed by atoms with E-state index in [1.807, 2.05) is 17.9 Å². The van der Waals surface area contributed by atoms with Gasteiger partial charge in [0.1, 0.15) is 11.5 Å². The van der Waals surface area contributed by atoms with Crippen molar-refractivity contribution in [3.8, 4) is 0 Å². The Bertz CT molecular complexity index is 674. The molecule has 6 nitrogen and oxygen atoms in total. The van der Waals surface area contributed by atoms with Gasteiger partial charge in [-0.1, -0.05) is 24.2 Å². The van der Waals surface area contributed by atoms with Gasteiger partial charge in [0.15, 0.2) is 0 Å². The lowest BCUT2D eigenvalue weighted by Crippen LogP contribution is -2.38. The van der Waals surface area contributed by atoms with Crippen molar-refractivity contribution >= 4 is 5.91 Å². The van der Waals surface area contributed by atoms with Crippen LogP contribution in [-0.4, -0.2) is 27.7 Å². The van der Waals surface area contributed by atoms with Gasteiger partial charge in [-0.15, -0.1) is 0 Å². The summed E-state index contributed by atoms with van der Waals surface area (Å²) < 4.78 is 10.5. The third-order valence-electron chi connectivity index (χ3n) is 4.14. The van der Waals surface area contributed by atoms with Crippen molar-refractivity contribution in [2.75, 3.05) is 6.54 Å². The first kappa shape index (κ1) is 15.8. The van der Waals surface area contributed by atoms with Crippen LogP contribution >= 0.6 is 0 Å². The number of amides is 1. The number of nitrogens with zero attached hydrogens (tertiary/aromatic N) is 3. The van der Waals surface area contributed by atoms with Crippen LogP contribution in [0.2, 0.25) is 0 Å². The summed E-state index contributed by atoms with van der Waals surface area (Å²) in [6.45, 7) is 6.79. The zero-order valence-electron chi connectivity index (χ0n) is 13.9. The summed E-state index contributed by atoms with van der Waals surface area (Å²) in [6, 6.07) is 3.62. The Hall–Kier alpha value is -2.11. The standard InChI is InChI=1S/C17H23N3O3/c1-11(2)8-13-10-16(23-18-13)17(21)20-7-5-4-6-15(20)14-9-12(3)22-19-14/h9-11,15H,4-8H2,1-3H3/t15-/m0/s1. The predicted molar refractivity (Wildman–Crippen MR) is 83.9 cm³/mol. The van der Waals surface area contributed by atoms with Gasteiger partial charge in [0.05, 0.1) is 11.7 Å². The fourth-order valence-electron chi connectivity index (χ4n) is 3.09. The van der Waals surface area contributed by atoms with Gasteiger partial charge >= 0.3 is 0 Å². The van der Waals surface area contributed by atoms with Gasteiger partial charge in [-0.2, -0.15) is 0 Å². The minimum absolute atomic E-state index is 0.0488. The summed E-state index contributed by atoms with van der Waals surface area (Å²) in [6.07, 6.45) is 3.77. The Morgan fingerprint density at radius 1 is 1.30 bits per heavy atom. The van der Waals surface area contributed by atoms with Gasteiger partial charge in [0, 0.05) is 18.7 Å². The second-order valence-electron chi connectivity index (χ2n) is 6.65. The van der Waals surface area contributed by atoms with Crippen LogP contribution in [0.25, 0.3) is 0 Å². The topological polar surface area (TPSA) is 72.4 Å². The summed E-state index contributed by atoms with van der Waals surface area (Å²) in [5, 5.41) is 8.11. The molecule has 0 radical (unpaired) electrons. The lowest BCUT2D eigenvalue weighted by Gasteiger charge is -2.33. The van der Waals surface area contributed by atoms with Crippen LogP contribution in [0.15, 0.2) is 21.2 Å². The minimum atomic E-state index is -0.113. The molecule has 3 heterocycles. The summed E-state index contributed by atoms with van der Waals surface area (Å²) >= 11 is 0. The molecule has 1 aliphatic heterocycles. The molecule has 0 aliphatic carbocycles. The third-order valence-corrected chi connectivity index (χ3v) is 4.14. The maximum absolute atomic E-state index is 12.8. The molecule has 3 rings (SSSR count). The van der Waals surface area contributed by atoms with E-state index < -0.39 is 0 Å². The van der Waals surface area contributed by atoms with Crippen LogP contribution in [0, 0.1) is 12.8 Å². The van der Waals surface area contributed by atoms with Crippen LogP contribution < -0.4 is 0 Å². The molecule has 23 heavy (non-hydrogen) atoms. The van der Waals surface area contributed by atoms with Gasteiger partial charge in [-0.05, 0) is 38.5 Å². The minimum Gasteiger partial charge on any atom is -0.361 e. The molecule has 124 valence electrons. The van der Waals surface area contributed by atoms with Crippen molar-refractivity contribution in [1.29, 1.82) is 0 Å². The normalized spacial score (nSPS) is 18.6. The molecule has 1 aliphatic rings. The monoisotopic (exact) mass is 317 g/mol. The van der Waals surface area contributed by atoms with E-state index in [4.69, 9.17) is 9.05 Å². The Kier molecular flexibility index (Phi) is 4.50. The van der Waals surface area contributed by atoms with Crippen LogP contribution in [0.4, 0.5) is 0 Å². The number of hydrogen-bond donors (Lipinski definition) is 0. The van der Waals surface area contributed by atoms with E-state index in [2.05, 4.69) is 24.2 Å². The number of hydrogen-bond acceptors (Lipinski definition) is 5. The number of likely N-dealkylation sites (tertiary alicyclic amines) is 1. The zero-order valence-corrected chi connectivity index (χ0v) is 13.9. The highest BCUT2D eigenvalue weighted by atomic mass is 16.5. The lowest BCUT2D eigenvalue weighted by atomic mass is 9.98. The summed E-state index contributed by atoms with van der Waals surface area (Å²) in [4.78, 5) is 14.7. The maximum atomic E-state index is 12.8. The number of piperidine rings is 1. The molecule has 0 N–H and O–H groups in total. The van der Waals surface area contributed by atoms with Gasteiger partial charge in [-0.25, -0.2) is 0 Å².